The summed E-state index contributed by atoms with van der Waals surface area (Å²) < 4.78 is 0. The highest BCUT2D eigenvalue weighted by Gasteiger charge is 2.35. The van der Waals surface area contributed by atoms with Crippen LogP contribution in [0.4, 0.5) is 0 Å². The van der Waals surface area contributed by atoms with Crippen LogP contribution in [0.5, 0.6) is 5.75 Å². The molecule has 1 aromatic carbocycles. The average Bonchev–Trinajstić information content (AvgIpc) is 2.71. The molecule has 0 amide bonds. The van der Waals surface area contributed by atoms with Crippen LogP contribution in [0.25, 0.3) is 0 Å². The summed E-state index contributed by atoms with van der Waals surface area (Å²) in [5, 5.41) is 10.4. The first-order valence-corrected chi connectivity index (χ1v) is 6.54. The van der Waals surface area contributed by atoms with Gasteiger partial charge in [-0.1, -0.05) is 24.4 Å². The number of phenols is 1. The summed E-state index contributed by atoms with van der Waals surface area (Å²) in [5.41, 5.74) is 10.3. The number of nitrogens with two attached hydrogens (primary N) is 1. The van der Waals surface area contributed by atoms with Crippen molar-refractivity contribution < 1.29 is 5.11 Å². The Kier molecular flexibility index (Phi) is 3.13. The second kappa shape index (κ2) is 4.18. The zero-order valence-electron chi connectivity index (χ0n) is 10.7. The Morgan fingerprint density at radius 1 is 1.06 bits per heavy atom. The molecule has 1 aliphatic carbocycles. The summed E-state index contributed by atoms with van der Waals surface area (Å²) in [5.74, 6) is 0.201. The van der Waals surface area contributed by atoms with E-state index in [1.165, 1.54) is 12.8 Å². The first kappa shape index (κ1) is 12.7. The van der Waals surface area contributed by atoms with Crippen molar-refractivity contribution in [2.24, 2.45) is 5.73 Å². The number of hydrogen-bond donors (Lipinski definition) is 2. The zero-order valence-corrected chi connectivity index (χ0v) is 11.5. The Labute approximate surface area is 108 Å². The number of rotatable bonds is 1. The van der Waals surface area contributed by atoms with E-state index in [9.17, 15) is 5.11 Å². The molecule has 1 aromatic rings. The minimum absolute atomic E-state index is 0.201. The average molecular weight is 254 g/mol. The molecular weight excluding hydrogens is 234 g/mol. The first-order chi connectivity index (χ1) is 7.88. The van der Waals surface area contributed by atoms with Crippen LogP contribution in [0.3, 0.4) is 0 Å². The van der Waals surface area contributed by atoms with Crippen molar-refractivity contribution in [2.45, 2.75) is 52.0 Å². The predicted molar refractivity (Wildman–Crippen MR) is 71.7 cm³/mol. The summed E-state index contributed by atoms with van der Waals surface area (Å²) in [4.78, 5) is 0. The second-order valence-corrected chi connectivity index (χ2v) is 5.65. The lowest BCUT2D eigenvalue weighted by Crippen LogP contribution is -2.35. The molecule has 0 heterocycles. The van der Waals surface area contributed by atoms with Gasteiger partial charge in [0.1, 0.15) is 5.75 Å². The number of halogens is 1. The molecule has 0 radical (unpaired) electrons. The summed E-state index contributed by atoms with van der Waals surface area (Å²) in [6.45, 7) is 5.88. The molecule has 2 rings (SSSR count). The van der Waals surface area contributed by atoms with Gasteiger partial charge in [0.05, 0.1) is 5.02 Å². The van der Waals surface area contributed by atoms with Gasteiger partial charge in [-0.25, -0.2) is 0 Å². The fourth-order valence-corrected chi connectivity index (χ4v) is 3.34. The van der Waals surface area contributed by atoms with Crippen molar-refractivity contribution in [3.05, 3.63) is 27.3 Å². The summed E-state index contributed by atoms with van der Waals surface area (Å²) in [6, 6.07) is 0. The lowest BCUT2D eigenvalue weighted by Gasteiger charge is -2.30. The van der Waals surface area contributed by atoms with Gasteiger partial charge in [-0.05, 0) is 55.9 Å². The zero-order chi connectivity index (χ0) is 12.8. The summed E-state index contributed by atoms with van der Waals surface area (Å²) in [6.07, 6.45) is 4.37. The van der Waals surface area contributed by atoms with E-state index in [1.54, 1.807) is 0 Å². The Morgan fingerprint density at radius 2 is 1.59 bits per heavy atom. The highest BCUT2D eigenvalue weighted by atomic mass is 35.5. The summed E-state index contributed by atoms with van der Waals surface area (Å²) >= 11 is 6.19. The number of benzene rings is 1. The molecule has 17 heavy (non-hydrogen) atoms. The highest BCUT2D eigenvalue weighted by molar-refractivity contribution is 6.33. The summed E-state index contributed by atoms with van der Waals surface area (Å²) in [7, 11) is 0. The van der Waals surface area contributed by atoms with E-state index in [0.29, 0.717) is 5.02 Å². The van der Waals surface area contributed by atoms with Crippen LogP contribution in [0.15, 0.2) is 0 Å². The van der Waals surface area contributed by atoms with Crippen molar-refractivity contribution in [1.82, 2.24) is 0 Å². The van der Waals surface area contributed by atoms with Crippen molar-refractivity contribution >= 4 is 11.6 Å². The molecule has 0 bridgehead atoms. The highest BCUT2D eigenvalue weighted by Crippen LogP contribution is 2.45. The fraction of sp³-hybridized carbons (Fsp3) is 0.571. The van der Waals surface area contributed by atoms with Gasteiger partial charge >= 0.3 is 0 Å². The quantitative estimate of drug-likeness (QED) is 0.802. The lowest BCUT2D eigenvalue weighted by molar-refractivity contribution is 0.447. The van der Waals surface area contributed by atoms with E-state index >= 15 is 0 Å². The van der Waals surface area contributed by atoms with Crippen LogP contribution in [0, 0.1) is 20.8 Å². The molecule has 1 fully saturated rings. The molecule has 3 N–H and O–H groups in total. The molecule has 0 aromatic heterocycles. The molecule has 1 saturated carbocycles. The Balaban J connectivity index is 2.69. The van der Waals surface area contributed by atoms with E-state index < -0.39 is 0 Å². The van der Waals surface area contributed by atoms with Gasteiger partial charge in [0.15, 0.2) is 0 Å². The second-order valence-electron chi connectivity index (χ2n) is 5.28. The fourth-order valence-electron chi connectivity index (χ4n) is 3.10. The maximum atomic E-state index is 9.95. The maximum absolute atomic E-state index is 9.95. The Bertz CT molecular complexity index is 433. The molecule has 0 unspecified atom stereocenters. The minimum Gasteiger partial charge on any atom is -0.506 e. The maximum Gasteiger partial charge on any atom is 0.137 e. The van der Waals surface area contributed by atoms with Gasteiger partial charge in [-0.2, -0.15) is 0 Å². The normalized spacial score (nSPS) is 18.6. The number of phenolic OH excluding ortho intramolecular Hbond substituents is 1. The third-order valence-corrected chi connectivity index (χ3v) is 4.66. The van der Waals surface area contributed by atoms with E-state index in [-0.39, 0.29) is 11.3 Å². The van der Waals surface area contributed by atoms with Gasteiger partial charge in [-0.3, -0.25) is 0 Å². The van der Waals surface area contributed by atoms with Crippen molar-refractivity contribution in [1.29, 1.82) is 0 Å². The van der Waals surface area contributed by atoms with Crippen molar-refractivity contribution in [3.8, 4) is 5.75 Å². The van der Waals surface area contributed by atoms with Gasteiger partial charge < -0.3 is 10.8 Å². The van der Waals surface area contributed by atoms with E-state index in [2.05, 4.69) is 0 Å². The van der Waals surface area contributed by atoms with Gasteiger partial charge in [0, 0.05) is 5.54 Å². The molecule has 94 valence electrons. The van der Waals surface area contributed by atoms with Gasteiger partial charge in [0.25, 0.3) is 0 Å². The molecule has 0 atom stereocenters. The SMILES string of the molecule is Cc1c(C)c(C2(N)CCCC2)c(C)c(Cl)c1O. The van der Waals surface area contributed by atoms with Crippen LogP contribution < -0.4 is 5.73 Å². The van der Waals surface area contributed by atoms with E-state index in [4.69, 9.17) is 17.3 Å². The third-order valence-electron chi connectivity index (χ3n) is 4.20. The topological polar surface area (TPSA) is 46.2 Å². The first-order valence-electron chi connectivity index (χ1n) is 6.16. The monoisotopic (exact) mass is 253 g/mol. The molecule has 0 saturated heterocycles. The van der Waals surface area contributed by atoms with Crippen molar-refractivity contribution in [2.75, 3.05) is 0 Å². The van der Waals surface area contributed by atoms with Gasteiger partial charge in [0.2, 0.25) is 0 Å². The third kappa shape index (κ3) is 1.84. The Morgan fingerprint density at radius 3 is 2.12 bits per heavy atom. The van der Waals surface area contributed by atoms with Crippen LogP contribution >= 0.6 is 11.6 Å². The molecule has 0 spiro atoms. The lowest BCUT2D eigenvalue weighted by atomic mass is 9.81. The largest absolute Gasteiger partial charge is 0.506 e. The minimum atomic E-state index is -0.254. The van der Waals surface area contributed by atoms with E-state index in [0.717, 1.165) is 35.1 Å². The van der Waals surface area contributed by atoms with Crippen LogP contribution in [0.1, 0.15) is 47.9 Å². The molecule has 2 nitrogen and oxygen atoms in total. The smallest absolute Gasteiger partial charge is 0.137 e. The Hall–Kier alpha value is -0.730. The molecule has 1 aliphatic rings. The molecule has 0 aliphatic heterocycles. The van der Waals surface area contributed by atoms with Crippen molar-refractivity contribution in [3.63, 3.8) is 0 Å². The van der Waals surface area contributed by atoms with E-state index in [1.807, 2.05) is 20.8 Å². The van der Waals surface area contributed by atoms with Crippen LogP contribution in [0.2, 0.25) is 5.02 Å². The molecular formula is C14H20ClNO. The predicted octanol–water partition coefficient (Wildman–Crippen LogP) is 3.70. The number of aromatic hydroxyl groups is 1. The molecule has 3 heteroatoms. The van der Waals surface area contributed by atoms with Crippen LogP contribution in [-0.2, 0) is 5.54 Å². The standard InChI is InChI=1S/C14H20ClNO/c1-8-9(2)13(17)12(15)10(3)11(8)14(16)6-4-5-7-14/h17H,4-7,16H2,1-3H3. The number of hydrogen-bond acceptors (Lipinski definition) is 2. The van der Waals surface area contributed by atoms with Crippen LogP contribution in [-0.4, -0.2) is 5.11 Å². The van der Waals surface area contributed by atoms with Gasteiger partial charge in [-0.15, -0.1) is 0 Å².